The van der Waals surface area contributed by atoms with Crippen molar-refractivity contribution in [2.24, 2.45) is 17.6 Å². The van der Waals surface area contributed by atoms with Crippen molar-refractivity contribution in [3.63, 3.8) is 0 Å². The molecule has 2 aliphatic rings. The third-order valence-electron chi connectivity index (χ3n) is 3.47. The Hall–Kier alpha value is -1.10. The minimum absolute atomic E-state index is 0.0205. The zero-order valence-corrected chi connectivity index (χ0v) is 8.90. The Morgan fingerprint density at radius 3 is 2.53 bits per heavy atom. The third-order valence-corrected chi connectivity index (χ3v) is 3.47. The van der Waals surface area contributed by atoms with Crippen LogP contribution in [0.15, 0.2) is 0 Å². The van der Waals surface area contributed by atoms with Crippen molar-refractivity contribution in [2.45, 2.75) is 19.4 Å². The molecule has 0 spiro atoms. The zero-order chi connectivity index (χ0) is 11.0. The summed E-state index contributed by atoms with van der Waals surface area (Å²) in [7, 11) is 0. The van der Waals surface area contributed by atoms with Crippen molar-refractivity contribution in [3.05, 3.63) is 0 Å². The van der Waals surface area contributed by atoms with Crippen LogP contribution in [0.25, 0.3) is 0 Å². The van der Waals surface area contributed by atoms with Crippen LogP contribution in [0.4, 0.5) is 0 Å². The van der Waals surface area contributed by atoms with E-state index in [4.69, 9.17) is 5.73 Å². The average molecular weight is 211 g/mol. The summed E-state index contributed by atoms with van der Waals surface area (Å²) in [6, 6.07) is -0.356. The number of rotatable bonds is 2. The molecule has 0 aliphatic carbocycles. The van der Waals surface area contributed by atoms with Gasteiger partial charge in [0, 0.05) is 13.1 Å². The van der Waals surface area contributed by atoms with Gasteiger partial charge in [0.25, 0.3) is 0 Å². The zero-order valence-electron chi connectivity index (χ0n) is 8.90. The van der Waals surface area contributed by atoms with Gasteiger partial charge in [-0.15, -0.1) is 0 Å². The standard InChI is InChI=1S/C10H17N3O2/c1-6-4-12-5-7(6)10(15)13-3-2-8(13)9(11)14/h6-8,12H,2-5H2,1H3,(H2,11,14). The van der Waals surface area contributed by atoms with Crippen molar-refractivity contribution in [3.8, 4) is 0 Å². The molecule has 0 radical (unpaired) electrons. The van der Waals surface area contributed by atoms with Crippen molar-refractivity contribution in [1.29, 1.82) is 0 Å². The number of nitrogens with two attached hydrogens (primary N) is 1. The van der Waals surface area contributed by atoms with Gasteiger partial charge in [-0.1, -0.05) is 6.92 Å². The number of amides is 2. The highest BCUT2D eigenvalue weighted by atomic mass is 16.2. The van der Waals surface area contributed by atoms with Gasteiger partial charge in [0.15, 0.2) is 0 Å². The molecule has 0 aromatic carbocycles. The Labute approximate surface area is 89.0 Å². The van der Waals surface area contributed by atoms with Gasteiger partial charge in [0.2, 0.25) is 11.8 Å². The van der Waals surface area contributed by atoms with Gasteiger partial charge in [0.1, 0.15) is 6.04 Å². The van der Waals surface area contributed by atoms with Crippen LogP contribution >= 0.6 is 0 Å². The van der Waals surface area contributed by atoms with Crippen LogP contribution in [0, 0.1) is 11.8 Å². The monoisotopic (exact) mass is 211 g/mol. The maximum atomic E-state index is 12.0. The third kappa shape index (κ3) is 1.71. The Kier molecular flexibility index (Phi) is 2.65. The van der Waals surface area contributed by atoms with Crippen LogP contribution in [-0.2, 0) is 9.59 Å². The molecule has 5 nitrogen and oxygen atoms in total. The quantitative estimate of drug-likeness (QED) is 0.610. The fraction of sp³-hybridized carbons (Fsp3) is 0.800. The lowest BCUT2D eigenvalue weighted by Crippen LogP contribution is -2.59. The van der Waals surface area contributed by atoms with Gasteiger partial charge < -0.3 is 16.0 Å². The molecule has 0 aromatic heterocycles. The summed E-state index contributed by atoms with van der Waals surface area (Å²) in [6.07, 6.45) is 0.718. The lowest BCUT2D eigenvalue weighted by molar-refractivity contribution is -0.149. The normalized spacial score (nSPS) is 35.0. The summed E-state index contributed by atoms with van der Waals surface area (Å²) >= 11 is 0. The summed E-state index contributed by atoms with van der Waals surface area (Å²) in [4.78, 5) is 24.7. The van der Waals surface area contributed by atoms with Crippen LogP contribution in [0.1, 0.15) is 13.3 Å². The highest BCUT2D eigenvalue weighted by Crippen LogP contribution is 2.25. The molecule has 2 amide bonds. The molecule has 0 aromatic rings. The van der Waals surface area contributed by atoms with Crippen molar-refractivity contribution >= 4 is 11.8 Å². The number of likely N-dealkylation sites (tertiary alicyclic amines) is 1. The predicted molar refractivity (Wildman–Crippen MR) is 54.8 cm³/mol. The van der Waals surface area contributed by atoms with Gasteiger partial charge in [-0.3, -0.25) is 9.59 Å². The molecular formula is C10H17N3O2. The highest BCUT2D eigenvalue weighted by Gasteiger charge is 2.41. The lowest BCUT2D eigenvalue weighted by atomic mass is 9.92. The maximum absolute atomic E-state index is 12.0. The molecule has 2 saturated heterocycles. The lowest BCUT2D eigenvalue weighted by Gasteiger charge is -2.40. The van der Waals surface area contributed by atoms with E-state index in [-0.39, 0.29) is 23.8 Å². The summed E-state index contributed by atoms with van der Waals surface area (Å²) < 4.78 is 0. The molecule has 0 bridgehead atoms. The van der Waals surface area contributed by atoms with Gasteiger partial charge >= 0.3 is 0 Å². The van der Waals surface area contributed by atoms with Crippen LogP contribution in [-0.4, -0.2) is 42.4 Å². The fourth-order valence-electron chi connectivity index (χ4n) is 2.30. The second-order valence-corrected chi connectivity index (χ2v) is 4.48. The van der Waals surface area contributed by atoms with E-state index in [0.29, 0.717) is 12.5 Å². The van der Waals surface area contributed by atoms with E-state index in [1.54, 1.807) is 4.90 Å². The maximum Gasteiger partial charge on any atom is 0.240 e. The second-order valence-electron chi connectivity index (χ2n) is 4.48. The molecule has 3 atom stereocenters. The van der Waals surface area contributed by atoms with Crippen LogP contribution in [0.2, 0.25) is 0 Å². The van der Waals surface area contributed by atoms with Gasteiger partial charge in [0.05, 0.1) is 5.92 Å². The number of hydrogen-bond acceptors (Lipinski definition) is 3. The van der Waals surface area contributed by atoms with E-state index in [9.17, 15) is 9.59 Å². The topological polar surface area (TPSA) is 75.4 Å². The number of hydrogen-bond donors (Lipinski definition) is 2. The molecule has 2 aliphatic heterocycles. The first kappa shape index (κ1) is 10.4. The largest absolute Gasteiger partial charge is 0.368 e. The summed E-state index contributed by atoms with van der Waals surface area (Å²) in [5, 5.41) is 3.19. The first-order valence-electron chi connectivity index (χ1n) is 5.41. The van der Waals surface area contributed by atoms with Crippen LogP contribution in [0.3, 0.4) is 0 Å². The van der Waals surface area contributed by atoms with Crippen molar-refractivity contribution < 1.29 is 9.59 Å². The van der Waals surface area contributed by atoms with Crippen molar-refractivity contribution in [2.75, 3.05) is 19.6 Å². The minimum atomic E-state index is -0.381. The first-order valence-corrected chi connectivity index (χ1v) is 5.41. The summed E-state index contributed by atoms with van der Waals surface area (Å²) in [5.41, 5.74) is 5.21. The van der Waals surface area contributed by atoms with Gasteiger partial charge in [-0.05, 0) is 18.9 Å². The Balaban J connectivity index is 1.99. The molecular weight excluding hydrogens is 194 g/mol. The van der Waals surface area contributed by atoms with Crippen LogP contribution < -0.4 is 11.1 Å². The predicted octanol–water partition coefficient (Wildman–Crippen LogP) is -1.07. The summed E-state index contributed by atoms with van der Waals surface area (Å²) in [6.45, 7) is 4.34. The van der Waals surface area contributed by atoms with Gasteiger partial charge in [-0.2, -0.15) is 0 Å². The van der Waals surface area contributed by atoms with E-state index < -0.39 is 0 Å². The molecule has 5 heteroatoms. The van der Waals surface area contributed by atoms with E-state index in [1.165, 1.54) is 0 Å². The number of carbonyl (C=O) groups excluding carboxylic acids is 2. The molecule has 15 heavy (non-hydrogen) atoms. The smallest absolute Gasteiger partial charge is 0.240 e. The fourth-order valence-corrected chi connectivity index (χ4v) is 2.30. The molecule has 2 fully saturated rings. The molecule has 2 rings (SSSR count). The van der Waals surface area contributed by atoms with E-state index in [1.807, 2.05) is 0 Å². The van der Waals surface area contributed by atoms with Crippen molar-refractivity contribution in [1.82, 2.24) is 10.2 Å². The number of primary amides is 1. The summed E-state index contributed by atoms with van der Waals surface area (Å²) in [5.74, 6) is 0.0783. The Bertz CT molecular complexity index is 292. The highest BCUT2D eigenvalue weighted by molar-refractivity contribution is 5.89. The van der Waals surface area contributed by atoms with E-state index in [0.717, 1.165) is 19.5 Å². The number of nitrogens with one attached hydrogen (secondary N) is 1. The first-order chi connectivity index (χ1) is 7.11. The number of nitrogens with zero attached hydrogens (tertiary/aromatic N) is 1. The molecule has 2 heterocycles. The molecule has 3 unspecified atom stereocenters. The van der Waals surface area contributed by atoms with E-state index in [2.05, 4.69) is 12.2 Å². The Morgan fingerprint density at radius 1 is 1.40 bits per heavy atom. The second kappa shape index (κ2) is 3.81. The number of carbonyl (C=O) groups is 2. The molecule has 0 saturated carbocycles. The Morgan fingerprint density at radius 2 is 2.13 bits per heavy atom. The SMILES string of the molecule is CC1CNCC1C(=O)N1CCC1C(N)=O. The van der Waals surface area contributed by atoms with Crippen LogP contribution in [0.5, 0.6) is 0 Å². The van der Waals surface area contributed by atoms with Gasteiger partial charge in [-0.25, -0.2) is 0 Å². The van der Waals surface area contributed by atoms with E-state index >= 15 is 0 Å². The minimum Gasteiger partial charge on any atom is -0.368 e. The molecule has 3 N–H and O–H groups in total. The average Bonchev–Trinajstić information content (AvgIpc) is 2.47. The molecule has 84 valence electrons.